The van der Waals surface area contributed by atoms with E-state index >= 15 is 0 Å². The zero-order chi connectivity index (χ0) is 26.6. The molecule has 0 aliphatic carbocycles. The van der Waals surface area contributed by atoms with Crippen molar-refractivity contribution in [1.82, 2.24) is 20.6 Å². The molecule has 1 unspecified atom stereocenters. The maximum Gasteiger partial charge on any atom is 0.263 e. The van der Waals surface area contributed by atoms with Crippen LogP contribution in [0.3, 0.4) is 0 Å². The number of aryl methyl sites for hydroxylation is 2. The van der Waals surface area contributed by atoms with Gasteiger partial charge in [0.2, 0.25) is 11.8 Å². The number of ether oxygens (including phenoxy) is 1. The fraction of sp³-hybridized carbons (Fsp3) is 0.357. The van der Waals surface area contributed by atoms with Gasteiger partial charge in [-0.05, 0) is 67.0 Å². The van der Waals surface area contributed by atoms with Crippen molar-refractivity contribution in [2.75, 3.05) is 17.8 Å². The van der Waals surface area contributed by atoms with Crippen molar-refractivity contribution in [3.05, 3.63) is 65.2 Å². The Hall–Kier alpha value is -3.59. The number of hydrogen-bond donors (Lipinski definition) is 3. The molecule has 0 saturated carbocycles. The van der Waals surface area contributed by atoms with Gasteiger partial charge in [0, 0.05) is 28.6 Å². The van der Waals surface area contributed by atoms with Crippen LogP contribution in [0.2, 0.25) is 0 Å². The molecule has 194 valence electrons. The predicted molar refractivity (Wildman–Crippen MR) is 147 cm³/mol. The molecule has 1 aliphatic heterocycles. The lowest BCUT2D eigenvalue weighted by Gasteiger charge is -2.22. The number of rotatable bonds is 4. The predicted octanol–water partition coefficient (Wildman–Crippen LogP) is 4.92. The second kappa shape index (κ2) is 11.2. The molecule has 4 bridgehead atoms. The summed E-state index contributed by atoms with van der Waals surface area (Å²) < 4.78 is 9.31. The number of fused-ring (bicyclic) bond motifs is 4. The van der Waals surface area contributed by atoms with Crippen LogP contribution in [0.1, 0.15) is 48.7 Å². The normalized spacial score (nSPS) is 15.7. The summed E-state index contributed by atoms with van der Waals surface area (Å²) in [5.41, 5.74) is 4.36. The summed E-state index contributed by atoms with van der Waals surface area (Å²) in [6.45, 7) is 10.9. The van der Waals surface area contributed by atoms with Gasteiger partial charge in [-0.2, -0.15) is 4.98 Å². The summed E-state index contributed by atoms with van der Waals surface area (Å²) in [7, 11) is 0. The van der Waals surface area contributed by atoms with Gasteiger partial charge in [0.15, 0.2) is 6.10 Å². The molecule has 1 aromatic heterocycles. The maximum absolute atomic E-state index is 13.2. The molecule has 4 rings (SSSR count). The first-order chi connectivity index (χ1) is 17.6. The summed E-state index contributed by atoms with van der Waals surface area (Å²) in [6, 6.07) is 15.0. The van der Waals surface area contributed by atoms with Crippen molar-refractivity contribution in [2.24, 2.45) is 5.41 Å². The van der Waals surface area contributed by atoms with E-state index in [-0.39, 0.29) is 29.7 Å². The second-order valence-corrected chi connectivity index (χ2v) is 11.2. The monoisotopic (exact) mass is 519 g/mol. The smallest absolute Gasteiger partial charge is 0.263 e. The van der Waals surface area contributed by atoms with Crippen LogP contribution in [0.25, 0.3) is 11.3 Å². The van der Waals surface area contributed by atoms with E-state index in [1.165, 1.54) is 11.9 Å². The molecule has 1 aliphatic rings. The molecule has 37 heavy (non-hydrogen) atoms. The van der Waals surface area contributed by atoms with E-state index in [1.54, 1.807) is 18.2 Å². The van der Waals surface area contributed by atoms with Gasteiger partial charge in [0.05, 0.1) is 12.2 Å². The van der Waals surface area contributed by atoms with Gasteiger partial charge < -0.3 is 15.4 Å². The van der Waals surface area contributed by atoms with E-state index in [4.69, 9.17) is 9.72 Å². The van der Waals surface area contributed by atoms with Crippen molar-refractivity contribution in [1.29, 1.82) is 0 Å². The molecule has 2 heterocycles. The van der Waals surface area contributed by atoms with Gasteiger partial charge in [-0.1, -0.05) is 45.0 Å². The first-order valence-corrected chi connectivity index (χ1v) is 13.1. The SMILES string of the molecule is Cc1cccc(C)c1-c1cc2nc(n1)NSc1cccc(c1)C(=O)NCC(C(=O)NCCC(C)(C)C)O2. The van der Waals surface area contributed by atoms with Crippen molar-refractivity contribution < 1.29 is 14.3 Å². The third-order valence-corrected chi connectivity index (χ3v) is 6.75. The first kappa shape index (κ1) is 26.5. The number of carbonyl (C=O) groups is 2. The first-order valence-electron chi connectivity index (χ1n) is 12.3. The number of aromatic nitrogens is 2. The molecule has 1 atom stereocenters. The molecular formula is C28H33N5O3S. The molecular weight excluding hydrogens is 486 g/mol. The van der Waals surface area contributed by atoms with Gasteiger partial charge in [0.1, 0.15) is 0 Å². The molecule has 3 N–H and O–H groups in total. The minimum Gasteiger partial charge on any atom is -0.462 e. The van der Waals surface area contributed by atoms with E-state index in [1.807, 2.05) is 44.2 Å². The minimum absolute atomic E-state index is 0.0109. The Balaban J connectivity index is 1.71. The second-order valence-electron chi connectivity index (χ2n) is 10.3. The third kappa shape index (κ3) is 7.01. The standard InChI is InChI=1S/C28H33N5O3S/c1-17-8-6-9-18(2)24(17)21-15-23-32-27(31-21)33-37-20-11-7-10-19(14-20)25(34)30-16-22(36-23)26(35)29-13-12-28(3,4)5/h6-11,14-15,22H,12-13,16H2,1-5H3,(H,29,35)(H,30,34)(H,31,32,33). The number of nitrogens with zero attached hydrogens (tertiary/aromatic N) is 2. The van der Waals surface area contributed by atoms with Gasteiger partial charge >= 0.3 is 0 Å². The average molecular weight is 520 g/mol. The summed E-state index contributed by atoms with van der Waals surface area (Å²) >= 11 is 1.30. The molecule has 8 nitrogen and oxygen atoms in total. The van der Waals surface area contributed by atoms with E-state index in [0.29, 0.717) is 23.8 Å². The lowest BCUT2D eigenvalue weighted by molar-refractivity contribution is -0.127. The van der Waals surface area contributed by atoms with Crippen LogP contribution in [0.5, 0.6) is 5.88 Å². The van der Waals surface area contributed by atoms with E-state index < -0.39 is 6.10 Å². The molecule has 3 aromatic rings. The van der Waals surface area contributed by atoms with E-state index in [9.17, 15) is 9.59 Å². The Morgan fingerprint density at radius 2 is 1.84 bits per heavy atom. The Morgan fingerprint density at radius 3 is 2.57 bits per heavy atom. The van der Waals surface area contributed by atoms with E-state index in [2.05, 4.69) is 41.1 Å². The van der Waals surface area contributed by atoms with Crippen molar-refractivity contribution in [3.8, 4) is 17.1 Å². The van der Waals surface area contributed by atoms with Crippen molar-refractivity contribution in [3.63, 3.8) is 0 Å². The highest BCUT2D eigenvalue weighted by molar-refractivity contribution is 8.00. The number of carbonyl (C=O) groups excluding carboxylic acids is 2. The highest BCUT2D eigenvalue weighted by Gasteiger charge is 2.24. The number of anilines is 1. The van der Waals surface area contributed by atoms with Crippen LogP contribution in [-0.4, -0.2) is 41.0 Å². The quantitative estimate of drug-likeness (QED) is 0.420. The molecule has 2 amide bonds. The maximum atomic E-state index is 13.2. The highest BCUT2D eigenvalue weighted by Crippen LogP contribution is 2.30. The highest BCUT2D eigenvalue weighted by atomic mass is 32.2. The van der Waals surface area contributed by atoms with Crippen LogP contribution >= 0.6 is 11.9 Å². The fourth-order valence-electron chi connectivity index (χ4n) is 3.98. The molecule has 0 radical (unpaired) electrons. The summed E-state index contributed by atoms with van der Waals surface area (Å²) in [6.07, 6.45) is -0.172. The third-order valence-electron chi connectivity index (χ3n) is 5.97. The molecule has 2 aromatic carbocycles. The average Bonchev–Trinajstić information content (AvgIpc) is 2.84. The number of hydrogen-bond acceptors (Lipinski definition) is 7. The van der Waals surface area contributed by atoms with Crippen LogP contribution in [0.4, 0.5) is 5.95 Å². The topological polar surface area (TPSA) is 105 Å². The molecule has 0 fully saturated rings. The molecule has 0 saturated heterocycles. The number of nitrogens with one attached hydrogen (secondary N) is 3. The van der Waals surface area contributed by atoms with Crippen molar-refractivity contribution in [2.45, 2.75) is 52.0 Å². The van der Waals surface area contributed by atoms with Crippen LogP contribution in [0, 0.1) is 19.3 Å². The minimum atomic E-state index is -0.978. The Kier molecular flexibility index (Phi) is 8.02. The van der Waals surface area contributed by atoms with Gasteiger partial charge in [-0.3, -0.25) is 14.3 Å². The van der Waals surface area contributed by atoms with Crippen molar-refractivity contribution >= 4 is 29.7 Å². The Morgan fingerprint density at radius 1 is 1.11 bits per heavy atom. The van der Waals surface area contributed by atoms with Gasteiger partial charge in [0.25, 0.3) is 11.8 Å². The van der Waals surface area contributed by atoms with E-state index in [0.717, 1.165) is 28.0 Å². The van der Waals surface area contributed by atoms with Crippen LogP contribution in [0.15, 0.2) is 53.4 Å². The van der Waals surface area contributed by atoms with Gasteiger partial charge in [-0.25, -0.2) is 4.98 Å². The number of amides is 2. The zero-order valence-corrected chi connectivity index (χ0v) is 22.7. The summed E-state index contributed by atoms with van der Waals surface area (Å²) in [4.78, 5) is 36.1. The largest absolute Gasteiger partial charge is 0.462 e. The zero-order valence-electron chi connectivity index (χ0n) is 21.8. The summed E-state index contributed by atoms with van der Waals surface area (Å²) in [5.74, 6) is -0.0148. The lowest BCUT2D eigenvalue weighted by Crippen LogP contribution is -2.46. The van der Waals surface area contributed by atoms with Crippen LogP contribution < -0.4 is 20.1 Å². The summed E-state index contributed by atoms with van der Waals surface area (Å²) in [5, 5.41) is 5.79. The molecule has 9 heteroatoms. The molecule has 0 spiro atoms. The van der Waals surface area contributed by atoms with Gasteiger partial charge in [-0.15, -0.1) is 0 Å². The Labute approximate surface area is 222 Å². The Bertz CT molecular complexity index is 1280. The number of benzene rings is 2. The lowest BCUT2D eigenvalue weighted by atomic mass is 9.92. The fourth-order valence-corrected chi connectivity index (χ4v) is 4.61. The van der Waals surface area contributed by atoms with Crippen LogP contribution in [-0.2, 0) is 4.79 Å².